The molecule has 6 heteroatoms. The largest absolute Gasteiger partial charge is 0.480 e. The normalized spacial score (nSPS) is 10.2. The number of carboxylic acids is 1. The lowest BCUT2D eigenvalue weighted by Crippen LogP contribution is -2.35. The van der Waals surface area contributed by atoms with Crippen LogP contribution in [0.25, 0.3) is 0 Å². The van der Waals surface area contributed by atoms with E-state index in [1.165, 1.54) is 4.90 Å². The molecule has 0 aliphatic heterocycles. The molecular formula is C15H11Br2NO3. The molecule has 0 radical (unpaired) electrons. The van der Waals surface area contributed by atoms with Crippen LogP contribution >= 0.6 is 31.9 Å². The summed E-state index contributed by atoms with van der Waals surface area (Å²) in [5, 5.41) is 9.05. The maximum absolute atomic E-state index is 12.7. The molecule has 4 nitrogen and oxygen atoms in total. The van der Waals surface area contributed by atoms with Gasteiger partial charge in [-0.25, -0.2) is 0 Å². The van der Waals surface area contributed by atoms with Gasteiger partial charge >= 0.3 is 5.97 Å². The highest BCUT2D eigenvalue weighted by Crippen LogP contribution is 2.25. The SMILES string of the molecule is O=C(O)CN(C(=O)c1cc(Br)ccc1Br)c1ccccc1. The Labute approximate surface area is 138 Å². The van der Waals surface area contributed by atoms with Gasteiger partial charge in [0.25, 0.3) is 5.91 Å². The van der Waals surface area contributed by atoms with E-state index in [1.807, 2.05) is 6.07 Å². The van der Waals surface area contributed by atoms with Crippen LogP contribution in [0, 0.1) is 0 Å². The van der Waals surface area contributed by atoms with Gasteiger partial charge in [0.2, 0.25) is 0 Å². The maximum Gasteiger partial charge on any atom is 0.323 e. The number of carbonyl (C=O) groups excluding carboxylic acids is 1. The van der Waals surface area contributed by atoms with Crippen LogP contribution in [0.1, 0.15) is 10.4 Å². The van der Waals surface area contributed by atoms with Crippen LogP contribution in [0.5, 0.6) is 0 Å². The van der Waals surface area contributed by atoms with Crippen LogP contribution in [0.4, 0.5) is 5.69 Å². The van der Waals surface area contributed by atoms with Gasteiger partial charge in [0.15, 0.2) is 0 Å². The van der Waals surface area contributed by atoms with Gasteiger partial charge in [-0.2, -0.15) is 0 Å². The number of carboxylic acid groups (broad SMARTS) is 1. The monoisotopic (exact) mass is 411 g/mol. The molecule has 0 heterocycles. The average Bonchev–Trinajstić information content (AvgIpc) is 2.47. The van der Waals surface area contributed by atoms with Gasteiger partial charge in [-0.3, -0.25) is 14.5 Å². The molecule has 0 atom stereocenters. The van der Waals surface area contributed by atoms with E-state index >= 15 is 0 Å². The molecule has 0 aromatic heterocycles. The lowest BCUT2D eigenvalue weighted by Gasteiger charge is -2.21. The molecule has 0 aliphatic carbocycles. The van der Waals surface area contributed by atoms with Gasteiger partial charge in [0.1, 0.15) is 6.54 Å². The fraction of sp³-hybridized carbons (Fsp3) is 0.0667. The predicted molar refractivity (Wildman–Crippen MR) is 87.6 cm³/mol. The Balaban J connectivity index is 2.43. The number of para-hydroxylation sites is 1. The summed E-state index contributed by atoms with van der Waals surface area (Å²) in [6.07, 6.45) is 0. The molecule has 0 saturated heterocycles. The van der Waals surface area contributed by atoms with E-state index in [9.17, 15) is 9.59 Å². The zero-order valence-electron chi connectivity index (χ0n) is 10.8. The van der Waals surface area contributed by atoms with E-state index in [4.69, 9.17) is 5.11 Å². The number of benzene rings is 2. The first-order chi connectivity index (χ1) is 9.99. The molecule has 2 aromatic carbocycles. The van der Waals surface area contributed by atoms with E-state index in [1.54, 1.807) is 42.5 Å². The number of halogens is 2. The molecule has 2 rings (SSSR count). The highest BCUT2D eigenvalue weighted by Gasteiger charge is 2.22. The Morgan fingerprint density at radius 3 is 2.33 bits per heavy atom. The van der Waals surface area contributed by atoms with Crippen LogP contribution in [-0.2, 0) is 4.79 Å². The number of hydrogen-bond donors (Lipinski definition) is 1. The van der Waals surface area contributed by atoms with Crippen molar-refractivity contribution in [1.29, 1.82) is 0 Å². The fourth-order valence-corrected chi connectivity index (χ4v) is 2.61. The molecule has 0 aliphatic rings. The van der Waals surface area contributed by atoms with Crippen molar-refractivity contribution in [1.82, 2.24) is 0 Å². The number of nitrogens with zero attached hydrogens (tertiary/aromatic N) is 1. The number of amides is 1. The topological polar surface area (TPSA) is 57.6 Å². The van der Waals surface area contributed by atoms with Crippen molar-refractivity contribution in [2.24, 2.45) is 0 Å². The summed E-state index contributed by atoms with van der Waals surface area (Å²) in [4.78, 5) is 25.0. The number of anilines is 1. The summed E-state index contributed by atoms with van der Waals surface area (Å²) in [5.41, 5.74) is 0.936. The van der Waals surface area contributed by atoms with Crippen molar-refractivity contribution in [3.8, 4) is 0 Å². The standard InChI is InChI=1S/C15H11Br2NO3/c16-10-6-7-13(17)12(8-10)15(21)18(9-14(19)20)11-4-2-1-3-5-11/h1-8H,9H2,(H,19,20). The van der Waals surface area contributed by atoms with Crippen LogP contribution in [0.3, 0.4) is 0 Å². The van der Waals surface area contributed by atoms with Crippen LogP contribution in [-0.4, -0.2) is 23.5 Å². The molecule has 0 bridgehead atoms. The smallest absolute Gasteiger partial charge is 0.323 e. The van der Waals surface area contributed by atoms with Gasteiger partial charge in [-0.05, 0) is 46.3 Å². The molecule has 0 saturated carbocycles. The van der Waals surface area contributed by atoms with E-state index in [0.29, 0.717) is 15.7 Å². The van der Waals surface area contributed by atoms with Gasteiger partial charge in [0.05, 0.1) is 5.56 Å². The molecule has 1 N–H and O–H groups in total. The van der Waals surface area contributed by atoms with Crippen molar-refractivity contribution in [3.63, 3.8) is 0 Å². The second kappa shape index (κ2) is 6.87. The predicted octanol–water partition coefficient (Wildman–Crippen LogP) is 3.94. The minimum absolute atomic E-state index is 0.378. The third kappa shape index (κ3) is 3.92. The van der Waals surface area contributed by atoms with E-state index in [-0.39, 0.29) is 5.91 Å². The van der Waals surface area contributed by atoms with Crippen molar-refractivity contribution in [2.45, 2.75) is 0 Å². The van der Waals surface area contributed by atoms with Crippen LogP contribution in [0.2, 0.25) is 0 Å². The lowest BCUT2D eigenvalue weighted by atomic mass is 10.2. The Bertz CT molecular complexity index is 674. The number of rotatable bonds is 4. The first-order valence-corrected chi connectivity index (χ1v) is 7.61. The molecular weight excluding hydrogens is 402 g/mol. The molecule has 0 unspecified atom stereocenters. The number of hydrogen-bond acceptors (Lipinski definition) is 2. The zero-order chi connectivity index (χ0) is 15.4. The van der Waals surface area contributed by atoms with Crippen LogP contribution in [0.15, 0.2) is 57.5 Å². The molecule has 0 spiro atoms. The average molecular weight is 413 g/mol. The van der Waals surface area contributed by atoms with Crippen molar-refractivity contribution in [3.05, 3.63) is 63.0 Å². The van der Waals surface area contributed by atoms with Crippen LogP contribution < -0.4 is 4.90 Å². The highest BCUT2D eigenvalue weighted by molar-refractivity contribution is 9.11. The van der Waals surface area contributed by atoms with E-state index in [0.717, 1.165) is 4.47 Å². The third-order valence-corrected chi connectivity index (χ3v) is 3.95. The second-order valence-electron chi connectivity index (χ2n) is 4.24. The third-order valence-electron chi connectivity index (χ3n) is 2.77. The summed E-state index contributed by atoms with van der Waals surface area (Å²) in [7, 11) is 0. The molecule has 0 fully saturated rings. The van der Waals surface area contributed by atoms with Gasteiger partial charge in [-0.15, -0.1) is 0 Å². The minimum Gasteiger partial charge on any atom is -0.480 e. The summed E-state index contributed by atoms with van der Waals surface area (Å²) < 4.78 is 1.36. The highest BCUT2D eigenvalue weighted by atomic mass is 79.9. The van der Waals surface area contributed by atoms with Gasteiger partial charge in [-0.1, -0.05) is 34.1 Å². The Hall–Kier alpha value is -1.66. The Morgan fingerprint density at radius 2 is 1.71 bits per heavy atom. The number of carbonyl (C=O) groups is 2. The zero-order valence-corrected chi connectivity index (χ0v) is 14.0. The minimum atomic E-state index is -1.07. The molecule has 108 valence electrons. The Morgan fingerprint density at radius 1 is 1.05 bits per heavy atom. The molecule has 1 amide bonds. The molecule has 2 aromatic rings. The lowest BCUT2D eigenvalue weighted by molar-refractivity contribution is -0.135. The maximum atomic E-state index is 12.7. The van der Waals surface area contributed by atoms with Gasteiger partial charge < -0.3 is 5.11 Å². The quantitative estimate of drug-likeness (QED) is 0.827. The Kier molecular flexibility index (Phi) is 5.14. The summed E-state index contributed by atoms with van der Waals surface area (Å²) in [6.45, 7) is -0.401. The first-order valence-electron chi connectivity index (χ1n) is 6.03. The second-order valence-corrected chi connectivity index (χ2v) is 6.01. The summed E-state index contributed by atoms with van der Waals surface area (Å²) in [5.74, 6) is -1.45. The van der Waals surface area contributed by atoms with Crippen molar-refractivity contribution >= 4 is 49.4 Å². The summed E-state index contributed by atoms with van der Waals surface area (Å²) >= 11 is 6.64. The van der Waals surface area contributed by atoms with Gasteiger partial charge in [0, 0.05) is 14.6 Å². The van der Waals surface area contributed by atoms with E-state index in [2.05, 4.69) is 31.9 Å². The number of aliphatic carboxylic acids is 1. The summed E-state index contributed by atoms with van der Waals surface area (Å²) in [6, 6.07) is 13.9. The first kappa shape index (κ1) is 15.7. The van der Waals surface area contributed by atoms with E-state index < -0.39 is 12.5 Å². The van der Waals surface area contributed by atoms with Crippen molar-refractivity contribution in [2.75, 3.05) is 11.4 Å². The fourth-order valence-electron chi connectivity index (χ4n) is 1.83. The molecule has 21 heavy (non-hydrogen) atoms. The van der Waals surface area contributed by atoms with Crippen molar-refractivity contribution < 1.29 is 14.7 Å².